The number of nitrogen functional groups attached to an aromatic ring is 1. The Hall–Kier alpha value is -2.49. The second kappa shape index (κ2) is 4.89. The summed E-state index contributed by atoms with van der Waals surface area (Å²) in [7, 11) is 2.06. The smallest absolute Gasteiger partial charge is 0.126 e. The van der Waals surface area contributed by atoms with Crippen LogP contribution in [0.2, 0.25) is 0 Å². The minimum Gasteiger partial charge on any atom is -0.399 e. The molecule has 0 fully saturated rings. The van der Waals surface area contributed by atoms with Crippen molar-refractivity contribution in [1.82, 2.24) is 9.97 Å². The van der Waals surface area contributed by atoms with Crippen molar-refractivity contribution in [3.8, 4) is 0 Å². The minimum atomic E-state index is 0.734. The lowest BCUT2D eigenvalue weighted by molar-refractivity contribution is 0.864. The quantitative estimate of drug-likeness (QED) is 0.716. The van der Waals surface area contributed by atoms with Crippen molar-refractivity contribution in [2.45, 2.75) is 13.5 Å². The van der Waals surface area contributed by atoms with Crippen molar-refractivity contribution in [1.29, 1.82) is 0 Å². The number of hydrogen-bond donors (Lipinski definition) is 2. The van der Waals surface area contributed by atoms with Crippen LogP contribution in [-0.4, -0.2) is 17.0 Å². The first-order valence-electron chi connectivity index (χ1n) is 6.64. The van der Waals surface area contributed by atoms with Crippen molar-refractivity contribution in [3.05, 3.63) is 53.9 Å². The van der Waals surface area contributed by atoms with Crippen LogP contribution in [0.5, 0.6) is 0 Å². The Balaban J connectivity index is 1.83. The monoisotopic (exact) mass is 266 g/mol. The number of aryl methyl sites for hydroxylation is 1. The highest BCUT2D eigenvalue weighted by molar-refractivity contribution is 5.78. The number of nitrogens with two attached hydrogens (primary N) is 1. The van der Waals surface area contributed by atoms with Gasteiger partial charge in [0.05, 0.1) is 17.6 Å². The average Bonchev–Trinajstić information content (AvgIpc) is 2.80. The fourth-order valence-electron chi connectivity index (χ4n) is 2.27. The van der Waals surface area contributed by atoms with E-state index >= 15 is 0 Å². The lowest BCUT2D eigenvalue weighted by atomic mass is 10.2. The van der Waals surface area contributed by atoms with Crippen LogP contribution in [0.1, 0.15) is 11.4 Å². The SMILES string of the molecule is Cc1ccc(N(C)Cc2nc3ccc(N)cc3[nH]2)cc1. The number of rotatable bonds is 3. The maximum absolute atomic E-state index is 5.78. The van der Waals surface area contributed by atoms with Crippen molar-refractivity contribution >= 4 is 22.4 Å². The second-order valence-corrected chi connectivity index (χ2v) is 5.15. The normalized spacial score (nSPS) is 10.9. The van der Waals surface area contributed by atoms with Crippen LogP contribution in [-0.2, 0) is 6.54 Å². The van der Waals surface area contributed by atoms with Gasteiger partial charge in [0, 0.05) is 18.4 Å². The summed E-state index contributed by atoms with van der Waals surface area (Å²) < 4.78 is 0. The molecule has 1 heterocycles. The summed E-state index contributed by atoms with van der Waals surface area (Å²) in [5.41, 5.74) is 10.9. The van der Waals surface area contributed by atoms with E-state index in [0.717, 1.165) is 29.1 Å². The first-order chi connectivity index (χ1) is 9.61. The third-order valence-electron chi connectivity index (χ3n) is 3.42. The molecule has 102 valence electrons. The van der Waals surface area contributed by atoms with Crippen molar-refractivity contribution in [2.75, 3.05) is 17.7 Å². The molecule has 0 aliphatic carbocycles. The van der Waals surface area contributed by atoms with E-state index in [-0.39, 0.29) is 0 Å². The molecule has 0 aliphatic rings. The number of aromatic amines is 1. The predicted octanol–water partition coefficient (Wildman–Crippen LogP) is 3.09. The van der Waals surface area contributed by atoms with E-state index in [1.807, 2.05) is 18.2 Å². The number of nitrogens with zero attached hydrogens (tertiary/aromatic N) is 2. The second-order valence-electron chi connectivity index (χ2n) is 5.15. The average molecular weight is 266 g/mol. The molecular weight excluding hydrogens is 248 g/mol. The molecule has 0 radical (unpaired) electrons. The minimum absolute atomic E-state index is 0.734. The molecule has 0 aliphatic heterocycles. The van der Waals surface area contributed by atoms with Crippen LogP contribution in [0.3, 0.4) is 0 Å². The van der Waals surface area contributed by atoms with Crippen molar-refractivity contribution in [3.63, 3.8) is 0 Å². The number of imidazole rings is 1. The summed E-state index contributed by atoms with van der Waals surface area (Å²) in [6.07, 6.45) is 0. The molecule has 3 aromatic rings. The number of nitrogens with one attached hydrogen (secondary N) is 1. The van der Waals surface area contributed by atoms with E-state index in [1.54, 1.807) is 0 Å². The van der Waals surface area contributed by atoms with Gasteiger partial charge in [0.25, 0.3) is 0 Å². The van der Waals surface area contributed by atoms with Gasteiger partial charge in [0.15, 0.2) is 0 Å². The molecule has 0 saturated heterocycles. The molecule has 4 heteroatoms. The number of hydrogen-bond acceptors (Lipinski definition) is 3. The summed E-state index contributed by atoms with van der Waals surface area (Å²) in [5, 5.41) is 0. The third kappa shape index (κ3) is 2.45. The molecule has 3 rings (SSSR count). The van der Waals surface area contributed by atoms with E-state index in [4.69, 9.17) is 5.73 Å². The van der Waals surface area contributed by atoms with Gasteiger partial charge in [-0.1, -0.05) is 17.7 Å². The molecule has 20 heavy (non-hydrogen) atoms. The molecule has 3 N–H and O–H groups in total. The van der Waals surface area contributed by atoms with Crippen LogP contribution in [0, 0.1) is 6.92 Å². The number of aromatic nitrogens is 2. The van der Waals surface area contributed by atoms with Crippen molar-refractivity contribution in [2.24, 2.45) is 0 Å². The van der Waals surface area contributed by atoms with E-state index in [0.29, 0.717) is 0 Å². The highest BCUT2D eigenvalue weighted by atomic mass is 15.1. The zero-order chi connectivity index (χ0) is 14.1. The van der Waals surface area contributed by atoms with Crippen molar-refractivity contribution < 1.29 is 0 Å². The lowest BCUT2D eigenvalue weighted by Crippen LogP contribution is -2.17. The highest BCUT2D eigenvalue weighted by Crippen LogP contribution is 2.18. The van der Waals surface area contributed by atoms with Gasteiger partial charge >= 0.3 is 0 Å². The summed E-state index contributed by atoms with van der Waals surface area (Å²) in [6, 6.07) is 14.2. The number of H-pyrrole nitrogens is 1. The van der Waals surface area contributed by atoms with Crippen LogP contribution in [0.15, 0.2) is 42.5 Å². The fraction of sp³-hybridized carbons (Fsp3) is 0.188. The van der Waals surface area contributed by atoms with Gasteiger partial charge in [-0.2, -0.15) is 0 Å². The molecule has 0 bridgehead atoms. The summed E-state index contributed by atoms with van der Waals surface area (Å²) >= 11 is 0. The number of anilines is 2. The largest absolute Gasteiger partial charge is 0.399 e. The van der Waals surface area contributed by atoms with Gasteiger partial charge in [-0.15, -0.1) is 0 Å². The Morgan fingerprint density at radius 2 is 1.90 bits per heavy atom. The van der Waals surface area contributed by atoms with E-state index in [2.05, 4.69) is 53.1 Å². The van der Waals surface area contributed by atoms with Gasteiger partial charge in [-0.25, -0.2) is 4.98 Å². The Morgan fingerprint density at radius 3 is 2.65 bits per heavy atom. The molecule has 0 spiro atoms. The van der Waals surface area contributed by atoms with Gasteiger partial charge in [-0.05, 0) is 37.3 Å². The molecule has 1 aromatic heterocycles. The summed E-state index contributed by atoms with van der Waals surface area (Å²) in [4.78, 5) is 10.1. The lowest BCUT2D eigenvalue weighted by Gasteiger charge is -2.17. The molecule has 2 aromatic carbocycles. The molecule has 0 atom stereocenters. The van der Waals surface area contributed by atoms with Crippen LogP contribution < -0.4 is 10.6 Å². The molecular formula is C16H18N4. The van der Waals surface area contributed by atoms with Gasteiger partial charge < -0.3 is 15.6 Å². The maximum Gasteiger partial charge on any atom is 0.126 e. The standard InChI is InChI=1S/C16H18N4/c1-11-3-6-13(7-4-11)20(2)10-16-18-14-8-5-12(17)9-15(14)19-16/h3-9H,10,17H2,1-2H3,(H,18,19). The zero-order valence-electron chi connectivity index (χ0n) is 11.7. The highest BCUT2D eigenvalue weighted by Gasteiger charge is 2.07. The van der Waals surface area contributed by atoms with Gasteiger partial charge in [0.1, 0.15) is 5.82 Å². The van der Waals surface area contributed by atoms with E-state index in [9.17, 15) is 0 Å². The number of benzene rings is 2. The third-order valence-corrected chi connectivity index (χ3v) is 3.42. The zero-order valence-corrected chi connectivity index (χ0v) is 11.7. The molecule has 4 nitrogen and oxygen atoms in total. The maximum atomic E-state index is 5.78. The Labute approximate surface area is 118 Å². The van der Waals surface area contributed by atoms with Crippen LogP contribution in [0.4, 0.5) is 11.4 Å². The van der Waals surface area contributed by atoms with E-state index < -0.39 is 0 Å². The molecule has 0 amide bonds. The van der Waals surface area contributed by atoms with Crippen LogP contribution in [0.25, 0.3) is 11.0 Å². The topological polar surface area (TPSA) is 57.9 Å². The Morgan fingerprint density at radius 1 is 1.15 bits per heavy atom. The molecule has 0 saturated carbocycles. The summed E-state index contributed by atoms with van der Waals surface area (Å²) in [5.74, 6) is 0.939. The fourth-order valence-corrected chi connectivity index (χ4v) is 2.27. The Kier molecular flexibility index (Phi) is 3.06. The summed E-state index contributed by atoms with van der Waals surface area (Å²) in [6.45, 7) is 2.82. The first-order valence-corrected chi connectivity index (χ1v) is 6.64. The predicted molar refractivity (Wildman–Crippen MR) is 83.8 cm³/mol. The van der Waals surface area contributed by atoms with Gasteiger partial charge in [0.2, 0.25) is 0 Å². The molecule has 0 unspecified atom stereocenters. The van der Waals surface area contributed by atoms with Crippen LogP contribution >= 0.6 is 0 Å². The number of fused-ring (bicyclic) bond motifs is 1. The van der Waals surface area contributed by atoms with E-state index in [1.165, 1.54) is 11.3 Å². The van der Waals surface area contributed by atoms with Gasteiger partial charge in [-0.3, -0.25) is 0 Å². The Bertz CT molecular complexity index is 728. The first kappa shape index (κ1) is 12.5.